The van der Waals surface area contributed by atoms with Gasteiger partial charge in [0, 0.05) is 23.2 Å². The summed E-state index contributed by atoms with van der Waals surface area (Å²) in [6.45, 7) is 2.88. The second-order valence-corrected chi connectivity index (χ2v) is 13.0. The van der Waals surface area contributed by atoms with Crippen LogP contribution < -0.4 is 0 Å². The van der Waals surface area contributed by atoms with Gasteiger partial charge >= 0.3 is 0 Å². The van der Waals surface area contributed by atoms with Gasteiger partial charge in [-0.1, -0.05) is 146 Å². The first-order valence-corrected chi connectivity index (χ1v) is 17.3. The molecule has 1 aliphatic carbocycles. The first kappa shape index (κ1) is 29.9. The molecule has 0 N–H and O–H groups in total. The topological polar surface area (TPSA) is 78.7 Å². The molecule has 0 spiro atoms. The number of rotatable bonds is 10. The summed E-state index contributed by atoms with van der Waals surface area (Å²) in [6, 6.07) is 48.7. The fraction of sp³-hybridized carbons (Fsp3) is 0.167. The minimum atomic E-state index is -0.834. The van der Waals surface area contributed by atoms with E-state index in [9.17, 15) is 0 Å². The van der Waals surface area contributed by atoms with Crippen molar-refractivity contribution in [1.29, 1.82) is 0 Å². The Morgan fingerprint density at radius 1 is 0.680 bits per heavy atom. The van der Waals surface area contributed by atoms with Crippen molar-refractivity contribution >= 4 is 5.65 Å². The number of aryl methyl sites for hydroxylation is 1. The first-order chi connectivity index (χ1) is 24.7. The van der Waals surface area contributed by atoms with Gasteiger partial charge in [-0.15, -0.1) is 10.2 Å². The molecule has 8 heteroatoms. The quantitative estimate of drug-likeness (QED) is 0.139. The molecule has 0 saturated heterocycles. The molecule has 1 aliphatic rings. The molecule has 1 saturated carbocycles. The second kappa shape index (κ2) is 12.4. The Bertz CT molecular complexity index is 2290. The molecule has 8 aromatic rings. The van der Waals surface area contributed by atoms with Gasteiger partial charge in [0.25, 0.3) is 0 Å². The lowest BCUT2D eigenvalue weighted by Crippen LogP contribution is -2.39. The molecule has 0 unspecified atom stereocenters. The van der Waals surface area contributed by atoms with E-state index in [4.69, 9.17) is 20.4 Å². The zero-order valence-corrected chi connectivity index (χ0v) is 27.8. The van der Waals surface area contributed by atoms with Crippen LogP contribution in [0.2, 0.25) is 0 Å². The Morgan fingerprint density at radius 3 is 1.84 bits per heavy atom. The van der Waals surface area contributed by atoms with Gasteiger partial charge in [0.1, 0.15) is 5.54 Å². The molecule has 0 atom stereocenters. The molecule has 5 aromatic carbocycles. The van der Waals surface area contributed by atoms with E-state index in [0.717, 1.165) is 51.3 Å². The minimum Gasteiger partial charge on any atom is -0.266 e. The number of fused-ring (bicyclic) bond motifs is 1. The van der Waals surface area contributed by atoms with Crippen molar-refractivity contribution in [2.75, 3.05) is 0 Å². The zero-order valence-electron chi connectivity index (χ0n) is 27.8. The van der Waals surface area contributed by atoms with Crippen LogP contribution in [0.5, 0.6) is 0 Å². The zero-order chi connectivity index (χ0) is 33.5. The van der Waals surface area contributed by atoms with E-state index in [1.807, 2.05) is 27.5 Å². The number of tetrazole rings is 1. The van der Waals surface area contributed by atoms with E-state index in [2.05, 4.69) is 144 Å². The highest BCUT2D eigenvalue weighted by Crippen LogP contribution is 2.43. The van der Waals surface area contributed by atoms with Gasteiger partial charge in [-0.05, 0) is 63.1 Å². The maximum Gasteiger partial charge on any atom is 0.184 e. The molecule has 0 radical (unpaired) electrons. The third-order valence-corrected chi connectivity index (χ3v) is 9.91. The fourth-order valence-corrected chi connectivity index (χ4v) is 7.26. The van der Waals surface area contributed by atoms with E-state index < -0.39 is 5.54 Å². The van der Waals surface area contributed by atoms with Gasteiger partial charge in [0.2, 0.25) is 0 Å². The van der Waals surface area contributed by atoms with Crippen LogP contribution in [-0.2, 0) is 18.5 Å². The Labute approximate surface area is 290 Å². The number of hydrogen-bond acceptors (Lipinski definition) is 5. The molecule has 0 aliphatic heterocycles. The lowest BCUT2D eigenvalue weighted by atomic mass is 9.77. The third-order valence-electron chi connectivity index (χ3n) is 9.91. The molecule has 0 bridgehead atoms. The summed E-state index contributed by atoms with van der Waals surface area (Å²) in [4.78, 5) is 4.89. The van der Waals surface area contributed by atoms with Crippen LogP contribution >= 0.6 is 0 Å². The van der Waals surface area contributed by atoms with Crippen molar-refractivity contribution in [2.45, 2.75) is 44.2 Å². The summed E-state index contributed by atoms with van der Waals surface area (Å²) in [5, 5.41) is 18.7. The smallest absolute Gasteiger partial charge is 0.184 e. The van der Waals surface area contributed by atoms with Crippen molar-refractivity contribution in [3.8, 4) is 22.5 Å². The SMILES string of the molecule is CCc1cn(Cc2ccc(-c3ccccc3-c3nnnn3C(c3ccccc3)(c3ccccc3)c3ccccc3)cc2)n2nc(C3CC3)nc12. The number of nitrogens with zero attached hydrogens (tertiary/aromatic N) is 8. The van der Waals surface area contributed by atoms with Crippen molar-refractivity contribution in [2.24, 2.45) is 0 Å². The summed E-state index contributed by atoms with van der Waals surface area (Å²) in [5.41, 5.74) is 8.86. The molecule has 3 heterocycles. The summed E-state index contributed by atoms with van der Waals surface area (Å²) in [6.07, 6.45) is 5.49. The predicted octanol–water partition coefficient (Wildman–Crippen LogP) is 8.18. The highest BCUT2D eigenvalue weighted by Gasteiger charge is 2.42. The average molecular weight is 653 g/mol. The summed E-state index contributed by atoms with van der Waals surface area (Å²) in [7, 11) is 0. The second-order valence-electron chi connectivity index (χ2n) is 13.0. The van der Waals surface area contributed by atoms with Crippen LogP contribution in [0, 0.1) is 0 Å². The van der Waals surface area contributed by atoms with E-state index in [1.54, 1.807) is 0 Å². The van der Waals surface area contributed by atoms with Gasteiger partial charge in [-0.3, -0.25) is 4.68 Å². The van der Waals surface area contributed by atoms with Gasteiger partial charge in [-0.2, -0.15) is 4.63 Å². The fourth-order valence-electron chi connectivity index (χ4n) is 7.26. The number of aromatic nitrogens is 8. The molecule has 3 aromatic heterocycles. The summed E-state index contributed by atoms with van der Waals surface area (Å²) >= 11 is 0. The normalized spacial score (nSPS) is 13.2. The van der Waals surface area contributed by atoms with Crippen LogP contribution in [0.25, 0.3) is 28.2 Å². The van der Waals surface area contributed by atoms with Crippen molar-refractivity contribution in [3.05, 3.63) is 179 Å². The van der Waals surface area contributed by atoms with Gasteiger partial charge in [-0.25, -0.2) is 9.67 Å². The molecule has 50 heavy (non-hydrogen) atoms. The van der Waals surface area contributed by atoms with E-state index >= 15 is 0 Å². The van der Waals surface area contributed by atoms with Crippen molar-refractivity contribution in [1.82, 2.24) is 39.6 Å². The predicted molar refractivity (Wildman–Crippen MR) is 195 cm³/mol. The Balaban J connectivity index is 1.13. The van der Waals surface area contributed by atoms with Crippen LogP contribution in [0.1, 0.15) is 59.3 Å². The lowest BCUT2D eigenvalue weighted by Gasteiger charge is -2.36. The molecule has 244 valence electrons. The first-order valence-electron chi connectivity index (χ1n) is 17.3. The average Bonchev–Trinajstić information content (AvgIpc) is 3.60. The van der Waals surface area contributed by atoms with E-state index in [0.29, 0.717) is 18.3 Å². The van der Waals surface area contributed by atoms with Gasteiger partial charge < -0.3 is 0 Å². The maximum atomic E-state index is 4.89. The maximum absolute atomic E-state index is 4.89. The lowest BCUT2D eigenvalue weighted by molar-refractivity contribution is 0.451. The van der Waals surface area contributed by atoms with Gasteiger partial charge in [0.05, 0.1) is 6.54 Å². The summed E-state index contributed by atoms with van der Waals surface area (Å²) in [5.74, 6) is 2.18. The summed E-state index contributed by atoms with van der Waals surface area (Å²) < 4.78 is 6.17. The number of hydrogen-bond donors (Lipinski definition) is 0. The Morgan fingerprint density at radius 2 is 1.26 bits per heavy atom. The molecular formula is C42H36N8. The largest absolute Gasteiger partial charge is 0.266 e. The molecule has 8 nitrogen and oxygen atoms in total. The highest BCUT2D eigenvalue weighted by atomic mass is 15.6. The van der Waals surface area contributed by atoms with Crippen LogP contribution in [-0.4, -0.2) is 39.6 Å². The van der Waals surface area contributed by atoms with E-state index in [1.165, 1.54) is 24.0 Å². The van der Waals surface area contributed by atoms with Gasteiger partial charge in [0.15, 0.2) is 17.3 Å². The highest BCUT2D eigenvalue weighted by molar-refractivity contribution is 5.81. The van der Waals surface area contributed by atoms with Crippen LogP contribution in [0.15, 0.2) is 146 Å². The molecular weight excluding hydrogens is 617 g/mol. The van der Waals surface area contributed by atoms with E-state index in [-0.39, 0.29) is 0 Å². The minimum absolute atomic E-state index is 0.520. The van der Waals surface area contributed by atoms with Crippen molar-refractivity contribution in [3.63, 3.8) is 0 Å². The monoisotopic (exact) mass is 652 g/mol. The molecule has 9 rings (SSSR count). The Kier molecular flexibility index (Phi) is 7.42. The van der Waals surface area contributed by atoms with Crippen molar-refractivity contribution < 1.29 is 0 Å². The number of benzene rings is 5. The van der Waals surface area contributed by atoms with Crippen LogP contribution in [0.4, 0.5) is 0 Å². The molecule has 0 amide bonds. The standard InChI is InChI=1S/C42H36N8/c1-2-31-29-48(50-40(31)43-39(45-50)33-26-27-33)28-30-22-24-32(25-23-30)37-20-12-13-21-38(37)41-44-46-47-49(41)42(34-14-6-3-7-15-34,35-16-8-4-9-17-35)36-18-10-5-11-19-36/h3-25,29,33H,2,26-28H2,1H3. The van der Waals surface area contributed by atoms with Crippen LogP contribution in [0.3, 0.4) is 0 Å². The molecule has 1 fully saturated rings. The Hall–Kier alpha value is -6.15. The third kappa shape index (κ3) is 5.03.